The van der Waals surface area contributed by atoms with Crippen molar-refractivity contribution in [1.29, 1.82) is 0 Å². The van der Waals surface area contributed by atoms with Crippen molar-refractivity contribution in [2.75, 3.05) is 37.6 Å². The summed E-state index contributed by atoms with van der Waals surface area (Å²) in [5, 5.41) is 0. The molecule has 8 nitrogen and oxygen atoms in total. The van der Waals surface area contributed by atoms with Gasteiger partial charge >= 0.3 is 5.69 Å². The summed E-state index contributed by atoms with van der Waals surface area (Å²) in [5.41, 5.74) is 0.101. The predicted molar refractivity (Wildman–Crippen MR) is 80.9 cm³/mol. The highest BCUT2D eigenvalue weighted by atomic mass is 16.2. The first kappa shape index (κ1) is 13.9. The van der Waals surface area contributed by atoms with Crippen LogP contribution in [0.1, 0.15) is 6.92 Å². The van der Waals surface area contributed by atoms with Gasteiger partial charge in [-0.05, 0) is 6.54 Å². The summed E-state index contributed by atoms with van der Waals surface area (Å²) < 4.78 is 2.50. The molecule has 3 heterocycles. The predicted octanol–water partition coefficient (Wildman–Crippen LogP) is -0.898. The Kier molecular flexibility index (Phi) is 3.32. The molecule has 1 fully saturated rings. The van der Waals surface area contributed by atoms with Crippen molar-refractivity contribution >= 4 is 17.1 Å². The Morgan fingerprint density at radius 3 is 2.38 bits per heavy atom. The average Bonchev–Trinajstić information content (AvgIpc) is 2.96. The van der Waals surface area contributed by atoms with Gasteiger partial charge in [0.2, 0.25) is 5.95 Å². The number of hydrogen-bond acceptors (Lipinski definition) is 5. The van der Waals surface area contributed by atoms with Gasteiger partial charge < -0.3 is 14.8 Å². The van der Waals surface area contributed by atoms with Crippen molar-refractivity contribution in [3.05, 3.63) is 20.8 Å². The van der Waals surface area contributed by atoms with Crippen molar-refractivity contribution in [1.82, 2.24) is 24.0 Å². The molecule has 0 aliphatic carbocycles. The first-order chi connectivity index (χ1) is 10.0. The lowest BCUT2D eigenvalue weighted by Gasteiger charge is -2.33. The average molecular weight is 292 g/mol. The number of rotatable bonds is 2. The molecule has 1 saturated heterocycles. The summed E-state index contributed by atoms with van der Waals surface area (Å²) >= 11 is 0. The minimum atomic E-state index is -0.360. The number of hydrogen-bond donors (Lipinski definition) is 1. The molecule has 2 aromatic heterocycles. The van der Waals surface area contributed by atoms with Gasteiger partial charge in [-0.15, -0.1) is 0 Å². The first-order valence-corrected chi connectivity index (χ1v) is 7.16. The van der Waals surface area contributed by atoms with Crippen LogP contribution in [0.25, 0.3) is 11.2 Å². The second-order valence-corrected chi connectivity index (χ2v) is 5.39. The van der Waals surface area contributed by atoms with Gasteiger partial charge in [-0.1, -0.05) is 6.92 Å². The summed E-state index contributed by atoms with van der Waals surface area (Å²) in [5.74, 6) is 0.666. The highest BCUT2D eigenvalue weighted by molar-refractivity contribution is 5.73. The maximum absolute atomic E-state index is 12.1. The van der Waals surface area contributed by atoms with Crippen LogP contribution in [0.3, 0.4) is 0 Å². The van der Waals surface area contributed by atoms with E-state index in [1.165, 1.54) is 11.6 Å². The SMILES string of the molecule is CCN1CCN(c2nc3c([nH]2)c(=O)n(C)c(=O)n3C)CC1. The van der Waals surface area contributed by atoms with Gasteiger partial charge in [-0.25, -0.2) is 4.79 Å². The van der Waals surface area contributed by atoms with Gasteiger partial charge in [0.05, 0.1) is 0 Å². The molecule has 0 spiro atoms. The second-order valence-electron chi connectivity index (χ2n) is 5.39. The van der Waals surface area contributed by atoms with E-state index < -0.39 is 0 Å². The molecule has 3 rings (SSSR count). The lowest BCUT2D eigenvalue weighted by Crippen LogP contribution is -2.46. The molecule has 0 saturated carbocycles. The Balaban J connectivity index is 2.03. The maximum Gasteiger partial charge on any atom is 0.332 e. The largest absolute Gasteiger partial charge is 0.340 e. The monoisotopic (exact) mass is 292 g/mol. The van der Waals surface area contributed by atoms with E-state index in [0.717, 1.165) is 37.3 Å². The molecule has 0 unspecified atom stereocenters. The normalized spacial score (nSPS) is 16.8. The Morgan fingerprint density at radius 1 is 1.10 bits per heavy atom. The first-order valence-electron chi connectivity index (χ1n) is 7.16. The van der Waals surface area contributed by atoms with Gasteiger partial charge in [-0.2, -0.15) is 4.98 Å². The highest BCUT2D eigenvalue weighted by Crippen LogP contribution is 2.15. The summed E-state index contributed by atoms with van der Waals surface area (Å²) in [6.45, 7) is 6.87. The number of nitrogens with one attached hydrogen (secondary N) is 1. The van der Waals surface area contributed by atoms with Crippen LogP contribution in [0.15, 0.2) is 9.59 Å². The lowest BCUT2D eigenvalue weighted by atomic mass is 10.3. The molecule has 1 N–H and O–H groups in total. The number of fused-ring (bicyclic) bond motifs is 1. The molecule has 2 aromatic rings. The topological polar surface area (TPSA) is 79.2 Å². The van der Waals surface area contributed by atoms with E-state index in [2.05, 4.69) is 26.7 Å². The standard InChI is InChI=1S/C13H20N6O2/c1-4-18-5-7-19(8-6-18)12-14-9-10(15-12)16(2)13(21)17(3)11(9)20/h4-8H2,1-3H3,(H,14,15). The van der Waals surface area contributed by atoms with Crippen LogP contribution in [-0.2, 0) is 14.1 Å². The van der Waals surface area contributed by atoms with Crippen molar-refractivity contribution in [2.24, 2.45) is 14.1 Å². The fraction of sp³-hybridized carbons (Fsp3) is 0.615. The van der Waals surface area contributed by atoms with E-state index in [0.29, 0.717) is 17.1 Å². The summed E-state index contributed by atoms with van der Waals surface area (Å²) in [7, 11) is 3.11. The fourth-order valence-corrected chi connectivity index (χ4v) is 2.74. The number of H-pyrrole nitrogens is 1. The molecule has 0 bridgehead atoms. The lowest BCUT2D eigenvalue weighted by molar-refractivity contribution is 0.270. The smallest absolute Gasteiger partial charge is 0.332 e. The quantitative estimate of drug-likeness (QED) is 0.776. The van der Waals surface area contributed by atoms with E-state index in [4.69, 9.17) is 0 Å². The van der Waals surface area contributed by atoms with E-state index in [1.807, 2.05) is 0 Å². The van der Waals surface area contributed by atoms with E-state index in [-0.39, 0.29) is 11.2 Å². The minimum absolute atomic E-state index is 0.334. The number of anilines is 1. The zero-order valence-electron chi connectivity index (χ0n) is 12.6. The fourth-order valence-electron chi connectivity index (χ4n) is 2.74. The van der Waals surface area contributed by atoms with Crippen molar-refractivity contribution in [3.63, 3.8) is 0 Å². The minimum Gasteiger partial charge on any atom is -0.340 e. The Bertz CT molecular complexity index is 778. The van der Waals surface area contributed by atoms with Gasteiger partial charge in [0.25, 0.3) is 5.56 Å². The zero-order chi connectivity index (χ0) is 15.1. The third-order valence-electron chi connectivity index (χ3n) is 4.20. The van der Waals surface area contributed by atoms with Gasteiger partial charge in [-0.3, -0.25) is 13.9 Å². The van der Waals surface area contributed by atoms with Crippen LogP contribution in [0, 0.1) is 0 Å². The zero-order valence-corrected chi connectivity index (χ0v) is 12.6. The van der Waals surface area contributed by atoms with Crippen LogP contribution in [0.5, 0.6) is 0 Å². The summed E-state index contributed by atoms with van der Waals surface area (Å²) in [6.07, 6.45) is 0. The molecular weight excluding hydrogens is 272 g/mol. The number of aromatic amines is 1. The van der Waals surface area contributed by atoms with Crippen molar-refractivity contribution in [2.45, 2.75) is 6.92 Å². The van der Waals surface area contributed by atoms with E-state index in [1.54, 1.807) is 7.05 Å². The van der Waals surface area contributed by atoms with Crippen LogP contribution in [-0.4, -0.2) is 56.7 Å². The van der Waals surface area contributed by atoms with Gasteiger partial charge in [0.15, 0.2) is 11.2 Å². The Labute approximate surface area is 121 Å². The summed E-state index contributed by atoms with van der Waals surface area (Å²) in [6, 6.07) is 0. The van der Waals surface area contributed by atoms with E-state index in [9.17, 15) is 9.59 Å². The number of aromatic nitrogens is 4. The van der Waals surface area contributed by atoms with Crippen LogP contribution < -0.4 is 16.1 Å². The molecule has 1 aliphatic rings. The highest BCUT2D eigenvalue weighted by Gasteiger charge is 2.20. The number of likely N-dealkylation sites (N-methyl/N-ethyl adjacent to an activating group) is 1. The number of imidazole rings is 1. The molecule has 1 aliphatic heterocycles. The van der Waals surface area contributed by atoms with Gasteiger partial charge in [0.1, 0.15) is 0 Å². The molecule has 0 radical (unpaired) electrons. The third-order valence-corrected chi connectivity index (χ3v) is 4.20. The van der Waals surface area contributed by atoms with Crippen molar-refractivity contribution < 1.29 is 0 Å². The van der Waals surface area contributed by atoms with Crippen molar-refractivity contribution in [3.8, 4) is 0 Å². The Morgan fingerprint density at radius 2 is 1.76 bits per heavy atom. The van der Waals surface area contributed by atoms with Crippen LogP contribution in [0.2, 0.25) is 0 Å². The molecule has 114 valence electrons. The number of aryl methyl sites for hydroxylation is 1. The number of nitrogens with zero attached hydrogens (tertiary/aromatic N) is 5. The maximum atomic E-state index is 12.1. The third kappa shape index (κ3) is 2.15. The summed E-state index contributed by atoms with van der Waals surface area (Å²) in [4.78, 5) is 36.1. The molecule has 0 amide bonds. The van der Waals surface area contributed by atoms with Crippen LogP contribution >= 0.6 is 0 Å². The molecule has 0 aromatic carbocycles. The van der Waals surface area contributed by atoms with E-state index >= 15 is 0 Å². The Hall–Kier alpha value is -2.09. The molecule has 8 heteroatoms. The molecule has 21 heavy (non-hydrogen) atoms. The molecule has 0 atom stereocenters. The van der Waals surface area contributed by atoms with Crippen LogP contribution in [0.4, 0.5) is 5.95 Å². The second kappa shape index (κ2) is 5.03. The molecular formula is C13H20N6O2. The number of piperazine rings is 1. The van der Waals surface area contributed by atoms with Gasteiger partial charge in [0, 0.05) is 40.3 Å².